The zero-order valence-corrected chi connectivity index (χ0v) is 22.9. The normalized spacial score (nSPS) is 13.6. The number of ether oxygens (including phenoxy) is 1. The lowest BCUT2D eigenvalue weighted by atomic mass is 9.93. The molecule has 0 saturated heterocycles. The van der Waals surface area contributed by atoms with Gasteiger partial charge in [0.15, 0.2) is 8.32 Å². The highest BCUT2D eigenvalue weighted by Gasteiger charge is 2.39. The van der Waals surface area contributed by atoms with E-state index in [0.717, 1.165) is 11.1 Å². The summed E-state index contributed by atoms with van der Waals surface area (Å²) < 4.78 is 11.6. The molecule has 0 aliphatic heterocycles. The van der Waals surface area contributed by atoms with Crippen molar-refractivity contribution in [3.05, 3.63) is 64.7 Å². The molecule has 0 aliphatic rings. The molecule has 6 nitrogen and oxygen atoms in total. The summed E-state index contributed by atoms with van der Waals surface area (Å²) in [5.74, 6) is -0.265. The molecule has 0 spiro atoms. The Balaban J connectivity index is 2.26. The number of methoxy groups -OCH3 is 1. The van der Waals surface area contributed by atoms with Crippen molar-refractivity contribution >= 4 is 14.3 Å². The van der Waals surface area contributed by atoms with Crippen LogP contribution < -0.4 is 5.32 Å². The van der Waals surface area contributed by atoms with E-state index in [-0.39, 0.29) is 35.0 Å². The summed E-state index contributed by atoms with van der Waals surface area (Å²) in [4.78, 5) is 11.9. The van der Waals surface area contributed by atoms with Gasteiger partial charge in [-0.15, -0.1) is 0 Å². The molecule has 0 aliphatic carbocycles. The average molecular weight is 488 g/mol. The van der Waals surface area contributed by atoms with Gasteiger partial charge in [-0.1, -0.05) is 39.0 Å². The highest BCUT2D eigenvalue weighted by Crippen LogP contribution is 2.40. The fourth-order valence-electron chi connectivity index (χ4n) is 3.56. The number of carbonyl (C=O) groups excluding carboxylic acids is 1. The molecule has 7 heteroatoms. The topological polar surface area (TPSA) is 88.0 Å². The Morgan fingerprint density at radius 1 is 1.09 bits per heavy atom. The number of hydrogen-bond acceptors (Lipinski definition) is 6. The molecule has 2 aromatic carbocycles. The molecule has 0 radical (unpaired) electrons. The van der Waals surface area contributed by atoms with Crippen LogP contribution in [0.5, 0.6) is 5.75 Å². The fourth-order valence-corrected chi connectivity index (χ4v) is 4.84. The number of hydrogen-bond donors (Lipinski definition) is 3. The number of benzene rings is 2. The van der Waals surface area contributed by atoms with Gasteiger partial charge in [-0.3, -0.25) is 0 Å². The van der Waals surface area contributed by atoms with Gasteiger partial charge in [0.25, 0.3) is 0 Å². The van der Waals surface area contributed by atoms with Crippen molar-refractivity contribution in [2.24, 2.45) is 0 Å². The third kappa shape index (κ3) is 7.40. The minimum atomic E-state index is -2.10. The smallest absolute Gasteiger partial charge is 0.337 e. The molecule has 2 aromatic rings. The molecule has 0 heterocycles. The molecule has 0 fully saturated rings. The Kier molecular flexibility index (Phi) is 9.10. The standard InChI is InChI=1S/C27H41NO5Si/c1-26(2,3)34(7,8)33-24(20-12-13-23(30)22(15-20)18-29)17-28-27(4,5)16-19-10-9-11-21(14-19)25(31)32-6/h9-15,24,28-30H,16-18H2,1-8H3/t24-/m1/s1. The van der Waals surface area contributed by atoms with Gasteiger partial charge in [-0.25, -0.2) is 4.79 Å². The zero-order chi connectivity index (χ0) is 25.7. The van der Waals surface area contributed by atoms with Gasteiger partial charge >= 0.3 is 5.97 Å². The number of phenols is 1. The van der Waals surface area contributed by atoms with Crippen LogP contribution in [0, 0.1) is 0 Å². The van der Waals surface area contributed by atoms with E-state index in [4.69, 9.17) is 9.16 Å². The van der Waals surface area contributed by atoms with Crippen LogP contribution in [0.1, 0.15) is 67.8 Å². The molecule has 2 rings (SSSR count). The predicted molar refractivity (Wildman–Crippen MR) is 139 cm³/mol. The second kappa shape index (κ2) is 11.0. The van der Waals surface area contributed by atoms with Crippen LogP contribution in [0.25, 0.3) is 0 Å². The van der Waals surface area contributed by atoms with E-state index in [1.807, 2.05) is 30.3 Å². The number of aliphatic hydroxyl groups excluding tert-OH is 1. The van der Waals surface area contributed by atoms with E-state index < -0.39 is 8.32 Å². The SMILES string of the molecule is COC(=O)c1cccc(CC(C)(C)NC[C@@H](O[Si](C)(C)C(C)(C)C)c2ccc(O)c(CO)c2)c1. The maximum atomic E-state index is 11.9. The first kappa shape index (κ1) is 28.0. The lowest BCUT2D eigenvalue weighted by molar-refractivity contribution is 0.0600. The number of aliphatic hydroxyl groups is 1. The fraction of sp³-hybridized carbons (Fsp3) is 0.519. The van der Waals surface area contributed by atoms with Crippen molar-refractivity contribution in [2.75, 3.05) is 13.7 Å². The van der Waals surface area contributed by atoms with Crippen LogP contribution in [0.2, 0.25) is 18.1 Å². The van der Waals surface area contributed by atoms with Crippen LogP contribution in [-0.4, -0.2) is 43.7 Å². The summed E-state index contributed by atoms with van der Waals surface area (Å²) in [6, 6.07) is 12.8. The second-order valence-electron chi connectivity index (χ2n) is 11.0. The summed E-state index contributed by atoms with van der Waals surface area (Å²) in [5, 5.41) is 23.4. The molecule has 0 bridgehead atoms. The van der Waals surface area contributed by atoms with E-state index >= 15 is 0 Å². The van der Waals surface area contributed by atoms with Crippen LogP contribution in [-0.2, 0) is 22.2 Å². The minimum absolute atomic E-state index is 0.0336. The Labute approximate surface area is 205 Å². The molecular weight excluding hydrogens is 446 g/mol. The van der Waals surface area contributed by atoms with E-state index in [9.17, 15) is 15.0 Å². The lowest BCUT2D eigenvalue weighted by Gasteiger charge is -2.40. The Hall–Kier alpha value is -2.19. The van der Waals surface area contributed by atoms with Gasteiger partial charge < -0.3 is 24.7 Å². The van der Waals surface area contributed by atoms with Gasteiger partial charge in [0, 0.05) is 17.6 Å². The van der Waals surface area contributed by atoms with Crippen molar-refractivity contribution < 1.29 is 24.2 Å². The van der Waals surface area contributed by atoms with Crippen molar-refractivity contribution in [1.82, 2.24) is 5.32 Å². The molecule has 0 unspecified atom stereocenters. The first-order valence-corrected chi connectivity index (χ1v) is 14.6. The Morgan fingerprint density at radius 2 is 1.76 bits per heavy atom. The number of rotatable bonds is 10. The van der Waals surface area contributed by atoms with Crippen molar-refractivity contribution in [2.45, 2.75) is 77.4 Å². The molecule has 188 valence electrons. The highest BCUT2D eigenvalue weighted by molar-refractivity contribution is 6.74. The number of nitrogens with one attached hydrogen (secondary N) is 1. The molecule has 34 heavy (non-hydrogen) atoms. The first-order chi connectivity index (χ1) is 15.7. The molecule has 0 saturated carbocycles. The van der Waals surface area contributed by atoms with Crippen LogP contribution in [0.15, 0.2) is 42.5 Å². The van der Waals surface area contributed by atoms with Gasteiger partial charge in [-0.05, 0) is 73.8 Å². The molecule has 0 aromatic heterocycles. The van der Waals surface area contributed by atoms with E-state index in [2.05, 4.69) is 53.0 Å². The highest BCUT2D eigenvalue weighted by atomic mass is 28.4. The number of aromatic hydroxyl groups is 1. The summed E-state index contributed by atoms with van der Waals surface area (Å²) in [6.45, 7) is 15.6. The first-order valence-electron chi connectivity index (χ1n) is 11.7. The van der Waals surface area contributed by atoms with E-state index in [0.29, 0.717) is 24.1 Å². The summed E-state index contributed by atoms with van der Waals surface area (Å²) >= 11 is 0. The average Bonchev–Trinajstić information content (AvgIpc) is 2.75. The third-order valence-corrected chi connectivity index (χ3v) is 11.1. The monoisotopic (exact) mass is 487 g/mol. The third-order valence-electron chi connectivity index (χ3n) is 6.65. The second-order valence-corrected chi connectivity index (χ2v) is 15.8. The largest absolute Gasteiger partial charge is 0.508 e. The summed E-state index contributed by atoms with van der Waals surface area (Å²) in [6.07, 6.45) is 0.467. The van der Waals surface area contributed by atoms with Crippen molar-refractivity contribution in [3.63, 3.8) is 0 Å². The zero-order valence-electron chi connectivity index (χ0n) is 21.9. The van der Waals surface area contributed by atoms with Crippen LogP contribution in [0.3, 0.4) is 0 Å². The van der Waals surface area contributed by atoms with Gasteiger partial charge in [0.1, 0.15) is 5.75 Å². The molecule has 1 atom stereocenters. The van der Waals surface area contributed by atoms with E-state index in [1.54, 1.807) is 12.1 Å². The molecule has 0 amide bonds. The molecule has 3 N–H and O–H groups in total. The number of carbonyl (C=O) groups is 1. The van der Waals surface area contributed by atoms with Gasteiger partial charge in [0.05, 0.1) is 25.4 Å². The van der Waals surface area contributed by atoms with Gasteiger partial charge in [-0.2, -0.15) is 0 Å². The predicted octanol–water partition coefficient (Wildman–Crippen LogP) is 5.34. The van der Waals surface area contributed by atoms with Crippen LogP contribution >= 0.6 is 0 Å². The van der Waals surface area contributed by atoms with Gasteiger partial charge in [0.2, 0.25) is 0 Å². The quantitative estimate of drug-likeness (QED) is 0.309. The maximum Gasteiger partial charge on any atom is 0.337 e. The Bertz CT molecular complexity index is 981. The van der Waals surface area contributed by atoms with Crippen LogP contribution in [0.4, 0.5) is 0 Å². The minimum Gasteiger partial charge on any atom is -0.508 e. The maximum absolute atomic E-state index is 11.9. The Morgan fingerprint density at radius 3 is 2.35 bits per heavy atom. The van der Waals surface area contributed by atoms with Crippen molar-refractivity contribution in [3.8, 4) is 5.75 Å². The lowest BCUT2D eigenvalue weighted by Crippen LogP contribution is -2.47. The van der Waals surface area contributed by atoms with E-state index in [1.165, 1.54) is 7.11 Å². The number of esters is 1. The summed E-state index contributed by atoms with van der Waals surface area (Å²) in [5.41, 5.74) is 2.70. The summed E-state index contributed by atoms with van der Waals surface area (Å²) in [7, 11) is -0.720. The van der Waals surface area contributed by atoms with Crippen molar-refractivity contribution in [1.29, 1.82) is 0 Å². The molecular formula is C27H41NO5Si.